The fraction of sp³-hybridized carbons (Fsp3) is 0.189. The maximum Gasteiger partial charge on any atom is 0.124 e. The predicted octanol–water partition coefficient (Wildman–Crippen LogP) is 9.68. The molecule has 0 bridgehead atoms. The molecular weight excluding hydrogens is 706 g/mol. The third kappa shape index (κ3) is 8.70. The Hall–Kier alpha value is -5.07. The van der Waals surface area contributed by atoms with Crippen LogP contribution in [0, 0.1) is 0 Å². The number of benzene rings is 4. The Bertz CT molecular complexity index is 2270. The van der Waals surface area contributed by atoms with Crippen LogP contribution in [0.5, 0.6) is 23.0 Å². The fourth-order valence-corrected chi connectivity index (χ4v) is 5.87. The lowest BCUT2D eigenvalue weighted by atomic mass is 10.1. The van der Waals surface area contributed by atoms with E-state index in [0.717, 1.165) is 43.3 Å². The number of fused-ring (bicyclic) bond motifs is 2. The molecule has 49 heavy (non-hydrogen) atoms. The van der Waals surface area contributed by atoms with Crippen LogP contribution in [-0.4, -0.2) is 49.6 Å². The Balaban J connectivity index is 0.000000199. The van der Waals surface area contributed by atoms with E-state index < -0.39 is 14.5 Å². The molecule has 254 valence electrons. The molecule has 4 N–H and O–H groups in total. The van der Waals surface area contributed by atoms with Gasteiger partial charge >= 0.3 is 0 Å². The highest BCUT2D eigenvalue weighted by Crippen LogP contribution is 2.34. The van der Waals surface area contributed by atoms with Crippen LogP contribution in [0.2, 0.25) is 0 Å². The molecule has 12 heteroatoms. The van der Waals surface area contributed by atoms with E-state index >= 15 is 0 Å². The summed E-state index contributed by atoms with van der Waals surface area (Å²) in [6, 6.07) is 25.2. The Labute approximate surface area is 294 Å². The van der Waals surface area contributed by atoms with Crippen LogP contribution in [0.4, 0.5) is 28.4 Å². The molecule has 0 aliphatic rings. The van der Waals surface area contributed by atoms with Crippen molar-refractivity contribution in [2.45, 2.75) is 25.5 Å². The monoisotopic (exact) mass is 743 g/mol. The summed E-state index contributed by atoms with van der Waals surface area (Å²) in [4.78, 5) is 8.74. The lowest BCUT2D eigenvalue weighted by molar-refractivity contribution is 0.407. The van der Waals surface area contributed by atoms with E-state index in [1.54, 1.807) is 57.1 Å². The molecule has 0 fully saturated rings. The molecule has 0 amide bonds. The Morgan fingerprint density at radius 2 is 1.20 bits per heavy atom. The summed E-state index contributed by atoms with van der Waals surface area (Å²) in [6.07, 6.45) is 5.14. The molecule has 4 aromatic carbocycles. The van der Waals surface area contributed by atoms with E-state index in [0.29, 0.717) is 22.9 Å². The maximum absolute atomic E-state index is 13.0. The molecule has 0 spiro atoms. The van der Waals surface area contributed by atoms with Gasteiger partial charge in [0.2, 0.25) is 0 Å². The van der Waals surface area contributed by atoms with Crippen LogP contribution in [0.15, 0.2) is 106 Å². The smallest absolute Gasteiger partial charge is 0.124 e. The van der Waals surface area contributed by atoms with Crippen molar-refractivity contribution in [3.8, 4) is 23.0 Å². The zero-order valence-corrected chi connectivity index (χ0v) is 30.4. The van der Waals surface area contributed by atoms with Crippen molar-refractivity contribution in [1.82, 2.24) is 9.97 Å². The van der Waals surface area contributed by atoms with Crippen molar-refractivity contribution in [3.05, 3.63) is 102 Å². The van der Waals surface area contributed by atoms with Gasteiger partial charge in [-0.2, -0.15) is 4.36 Å². The number of aromatic nitrogens is 2. The summed E-state index contributed by atoms with van der Waals surface area (Å²) >= 11 is 3.47. The molecule has 6 aromatic rings. The number of nitrogens with one attached hydrogen (secondary N) is 2. The quantitative estimate of drug-likeness (QED) is 0.126. The third-order valence-corrected chi connectivity index (χ3v) is 11.0. The average Bonchev–Trinajstić information content (AvgIpc) is 3.04. The summed E-state index contributed by atoms with van der Waals surface area (Å²) in [5, 5.41) is 28.0. The van der Waals surface area contributed by atoms with Gasteiger partial charge in [0, 0.05) is 97.8 Å². The highest BCUT2D eigenvalue weighted by atomic mass is 79.9. The molecule has 1 atom stereocenters. The molecular formula is C37H38BrN5O5S. The maximum atomic E-state index is 13.0. The minimum Gasteiger partial charge on any atom is -0.508 e. The number of anilines is 4. The predicted molar refractivity (Wildman–Crippen MR) is 203 cm³/mol. The first-order chi connectivity index (χ1) is 23.2. The molecule has 0 aliphatic carbocycles. The van der Waals surface area contributed by atoms with Gasteiger partial charge in [0.1, 0.15) is 23.0 Å². The van der Waals surface area contributed by atoms with Crippen LogP contribution < -0.4 is 20.1 Å². The normalized spacial score (nSPS) is 12.4. The summed E-state index contributed by atoms with van der Waals surface area (Å²) in [7, 11) is 0.693. The van der Waals surface area contributed by atoms with Crippen LogP contribution >= 0.6 is 15.9 Å². The zero-order valence-electron chi connectivity index (χ0n) is 28.0. The summed E-state index contributed by atoms with van der Waals surface area (Å²) < 4.78 is 28.4. The Morgan fingerprint density at radius 3 is 1.69 bits per heavy atom. The van der Waals surface area contributed by atoms with Crippen molar-refractivity contribution in [2.75, 3.05) is 31.1 Å². The third-order valence-electron chi connectivity index (χ3n) is 7.66. The number of phenolic OH excluding ortho intramolecular Hbond substituents is 2. The Kier molecular flexibility index (Phi) is 10.5. The minimum atomic E-state index is -2.42. The minimum absolute atomic E-state index is 0.104. The molecule has 0 radical (unpaired) electrons. The van der Waals surface area contributed by atoms with Crippen LogP contribution in [-0.2, 0) is 9.73 Å². The fourth-order valence-electron chi connectivity index (χ4n) is 4.72. The second-order valence-electron chi connectivity index (χ2n) is 12.2. The first kappa shape index (κ1) is 35.2. The van der Waals surface area contributed by atoms with E-state index in [2.05, 4.69) is 40.9 Å². The van der Waals surface area contributed by atoms with Gasteiger partial charge in [-0.15, -0.1) is 0 Å². The topological polar surface area (TPSA) is 138 Å². The molecule has 0 saturated heterocycles. The van der Waals surface area contributed by atoms with Crippen molar-refractivity contribution in [1.29, 1.82) is 0 Å². The number of hydrogen-bond donors (Lipinski definition) is 4. The van der Waals surface area contributed by atoms with Gasteiger partial charge in [0.15, 0.2) is 0 Å². The van der Waals surface area contributed by atoms with Gasteiger partial charge in [-0.3, -0.25) is 9.97 Å². The van der Waals surface area contributed by atoms with Gasteiger partial charge in [0.25, 0.3) is 0 Å². The van der Waals surface area contributed by atoms with E-state index in [-0.39, 0.29) is 11.5 Å². The number of nitrogens with zero attached hydrogens (tertiary/aromatic N) is 3. The SMILES string of the molecule is COc1cc(O)cc(Nc2ccnc3ccc(Br)cc23)c1.COc1cc(O)cc(Nc2ccnc3ccc(N=S(C)(=O)C(C)(C)C)cc23)c1. The number of rotatable bonds is 7. The highest BCUT2D eigenvalue weighted by molar-refractivity contribution is 9.10. The highest BCUT2D eigenvalue weighted by Gasteiger charge is 2.22. The summed E-state index contributed by atoms with van der Waals surface area (Å²) in [5.74, 6) is 1.40. The molecule has 10 nitrogen and oxygen atoms in total. The summed E-state index contributed by atoms with van der Waals surface area (Å²) in [6.45, 7) is 5.76. The Morgan fingerprint density at radius 1 is 0.714 bits per heavy atom. The van der Waals surface area contributed by atoms with Crippen molar-refractivity contribution < 1.29 is 23.9 Å². The molecule has 1 unspecified atom stereocenters. The van der Waals surface area contributed by atoms with E-state index in [4.69, 9.17) is 9.47 Å². The van der Waals surface area contributed by atoms with Gasteiger partial charge in [-0.1, -0.05) is 15.9 Å². The molecule has 0 saturated carbocycles. The standard InChI is InChI=1S/C21H25N3O3S.C16H13BrN2O2/c1-21(2,3)28(5,26)24-14-6-7-19-18(12-14)20(8-9-22-19)23-15-10-16(25)13-17(11-15)27-4;1-21-13-8-11(7-12(20)9-13)19-16-4-5-18-15-3-2-10(17)6-14(15)16/h6-13,25H,1-5H3,(H,22,23);2-9,20H,1H3,(H,18,19). The average molecular weight is 745 g/mol. The van der Waals surface area contributed by atoms with Crippen molar-refractivity contribution in [3.63, 3.8) is 0 Å². The lowest BCUT2D eigenvalue weighted by Gasteiger charge is -2.20. The molecule has 2 heterocycles. The van der Waals surface area contributed by atoms with Crippen LogP contribution in [0.1, 0.15) is 20.8 Å². The lowest BCUT2D eigenvalue weighted by Crippen LogP contribution is -2.25. The number of halogens is 1. The summed E-state index contributed by atoms with van der Waals surface area (Å²) in [5.41, 5.74) is 5.46. The second kappa shape index (κ2) is 14.6. The molecule has 0 aliphatic heterocycles. The second-order valence-corrected chi connectivity index (χ2v) is 16.1. The number of hydrogen-bond acceptors (Lipinski definition) is 10. The van der Waals surface area contributed by atoms with Gasteiger partial charge < -0.3 is 30.3 Å². The van der Waals surface area contributed by atoms with E-state index in [1.165, 1.54) is 6.07 Å². The van der Waals surface area contributed by atoms with Gasteiger partial charge in [-0.05, 0) is 69.3 Å². The van der Waals surface area contributed by atoms with Crippen LogP contribution in [0.25, 0.3) is 21.8 Å². The number of methoxy groups -OCH3 is 2. The number of pyridine rings is 2. The van der Waals surface area contributed by atoms with Crippen LogP contribution in [0.3, 0.4) is 0 Å². The number of ether oxygens (including phenoxy) is 2. The number of phenols is 2. The molecule has 6 rings (SSSR count). The zero-order chi connectivity index (χ0) is 35.3. The van der Waals surface area contributed by atoms with Crippen molar-refractivity contribution in [2.24, 2.45) is 4.36 Å². The van der Waals surface area contributed by atoms with E-state index in [1.807, 2.05) is 75.4 Å². The van der Waals surface area contributed by atoms with Crippen molar-refractivity contribution >= 4 is 75.9 Å². The van der Waals surface area contributed by atoms with Gasteiger partial charge in [-0.25, -0.2) is 4.21 Å². The van der Waals surface area contributed by atoms with E-state index in [9.17, 15) is 14.4 Å². The molecule has 2 aromatic heterocycles. The largest absolute Gasteiger partial charge is 0.508 e. The number of aromatic hydroxyl groups is 2. The first-order valence-corrected chi connectivity index (χ1v) is 17.9. The van der Waals surface area contributed by atoms with Gasteiger partial charge in [0.05, 0.1) is 40.7 Å². The first-order valence-electron chi connectivity index (χ1n) is 15.2.